The van der Waals surface area contributed by atoms with Crippen LogP contribution in [0.4, 0.5) is 0 Å². The zero-order valence-electron chi connectivity index (χ0n) is 5.14. The molecule has 0 spiro atoms. The summed E-state index contributed by atoms with van der Waals surface area (Å²) in [5, 5.41) is 3.24. The summed E-state index contributed by atoms with van der Waals surface area (Å²) in [5.41, 5.74) is 0. The molecule has 0 unspecified atom stereocenters. The second kappa shape index (κ2) is 4.25. The summed E-state index contributed by atoms with van der Waals surface area (Å²) >= 11 is 0. The first-order chi connectivity index (χ1) is 5.00. The lowest BCUT2D eigenvalue weighted by molar-refractivity contribution is 0.416. The molecule has 5 nitrogen and oxygen atoms in total. The molecule has 2 rings (SSSR count). The summed E-state index contributed by atoms with van der Waals surface area (Å²) < 4.78 is 4.22. The van der Waals surface area contributed by atoms with Gasteiger partial charge >= 0.3 is 0 Å². The van der Waals surface area contributed by atoms with Gasteiger partial charge in [-0.15, -0.1) is 0 Å². The Labute approximate surface area is 57.1 Å². The first-order valence-electron chi connectivity index (χ1n) is 2.62. The molecule has 0 aliphatic heterocycles. The summed E-state index contributed by atoms with van der Waals surface area (Å²) in [6.07, 6.45) is 7.68. The Kier molecular flexibility index (Phi) is 2.75. The highest BCUT2D eigenvalue weighted by atomic mass is 16.5. The Morgan fingerprint density at radius 3 is 2.50 bits per heavy atom. The normalized spacial score (nSPS) is 8.00. The van der Waals surface area contributed by atoms with E-state index >= 15 is 0 Å². The number of nitrogens with one attached hydrogen (secondary N) is 1. The number of hydrogen-bond acceptors (Lipinski definition) is 4. The summed E-state index contributed by atoms with van der Waals surface area (Å²) in [5.74, 6) is 0. The number of H-pyrrole nitrogens is 1. The van der Waals surface area contributed by atoms with Crippen LogP contribution in [0.2, 0.25) is 0 Å². The van der Waals surface area contributed by atoms with E-state index in [0.29, 0.717) is 0 Å². The van der Waals surface area contributed by atoms with Crippen molar-refractivity contribution in [1.82, 2.24) is 20.1 Å². The number of rotatable bonds is 0. The topological polar surface area (TPSA) is 67.6 Å². The average Bonchev–Trinajstić information content (AvgIpc) is 2.67. The van der Waals surface area contributed by atoms with Gasteiger partial charge in [-0.25, -0.2) is 9.97 Å². The molecule has 2 aromatic rings. The maximum absolute atomic E-state index is 4.22. The molecule has 0 atom stereocenters. The van der Waals surface area contributed by atoms with Gasteiger partial charge in [0.05, 0.1) is 6.33 Å². The zero-order chi connectivity index (χ0) is 7.07. The molecular formula is C5H6N4O. The fourth-order valence-corrected chi connectivity index (χ4v) is 0.351. The van der Waals surface area contributed by atoms with E-state index in [9.17, 15) is 0 Å². The standard InChI is InChI=1S/C3H4N2.C2H2N2O/c1-2-5-3-4-1;1-3-2-5-4-1/h1-3H,(H,4,5);1-2H. The molecule has 0 amide bonds. The first kappa shape index (κ1) is 6.47. The van der Waals surface area contributed by atoms with Crippen LogP contribution in [0.3, 0.4) is 0 Å². The van der Waals surface area contributed by atoms with E-state index < -0.39 is 0 Å². The van der Waals surface area contributed by atoms with Crippen molar-refractivity contribution in [2.45, 2.75) is 0 Å². The van der Waals surface area contributed by atoms with E-state index in [2.05, 4.69) is 24.6 Å². The van der Waals surface area contributed by atoms with E-state index in [4.69, 9.17) is 0 Å². The van der Waals surface area contributed by atoms with E-state index in [1.165, 1.54) is 12.7 Å². The highest BCUT2D eigenvalue weighted by molar-refractivity contribution is 4.64. The van der Waals surface area contributed by atoms with Crippen LogP contribution < -0.4 is 0 Å². The Morgan fingerprint density at radius 1 is 1.30 bits per heavy atom. The lowest BCUT2D eigenvalue weighted by Crippen LogP contribution is -1.44. The highest BCUT2D eigenvalue weighted by Crippen LogP contribution is 1.63. The van der Waals surface area contributed by atoms with Crippen LogP contribution in [0.1, 0.15) is 0 Å². The largest absolute Gasteiger partial charge is 0.351 e. The van der Waals surface area contributed by atoms with Gasteiger partial charge in [-0.1, -0.05) is 5.16 Å². The van der Waals surface area contributed by atoms with Gasteiger partial charge in [0.15, 0.2) is 6.33 Å². The van der Waals surface area contributed by atoms with Gasteiger partial charge in [-0.2, -0.15) is 0 Å². The molecule has 0 aliphatic rings. The fourth-order valence-electron chi connectivity index (χ4n) is 0.351. The molecule has 52 valence electrons. The minimum Gasteiger partial charge on any atom is -0.351 e. The van der Waals surface area contributed by atoms with Gasteiger partial charge in [0, 0.05) is 12.4 Å². The van der Waals surface area contributed by atoms with Crippen molar-refractivity contribution >= 4 is 0 Å². The third kappa shape index (κ3) is 2.61. The molecule has 5 heteroatoms. The minimum atomic E-state index is 1.26. The van der Waals surface area contributed by atoms with Crippen LogP contribution in [0.15, 0.2) is 36.0 Å². The monoisotopic (exact) mass is 138 g/mol. The SMILES string of the molecule is c1c[nH]cn1.c1ncon1. The van der Waals surface area contributed by atoms with Crippen molar-refractivity contribution in [2.24, 2.45) is 0 Å². The molecule has 0 aliphatic carbocycles. The van der Waals surface area contributed by atoms with Gasteiger partial charge in [-0.3, -0.25) is 0 Å². The Bertz CT molecular complexity index is 153. The molecule has 0 saturated carbocycles. The van der Waals surface area contributed by atoms with Crippen LogP contribution in [-0.4, -0.2) is 20.1 Å². The minimum absolute atomic E-state index is 1.26. The lowest BCUT2D eigenvalue weighted by Gasteiger charge is -1.46. The highest BCUT2D eigenvalue weighted by Gasteiger charge is 1.60. The Balaban J connectivity index is 0.0000001000. The Hall–Kier alpha value is -1.65. The summed E-state index contributed by atoms with van der Waals surface area (Å²) in [6, 6.07) is 0. The molecule has 1 N–H and O–H groups in total. The van der Waals surface area contributed by atoms with Crippen LogP contribution in [-0.2, 0) is 0 Å². The van der Waals surface area contributed by atoms with Gasteiger partial charge in [0.2, 0.25) is 6.39 Å². The average molecular weight is 138 g/mol. The van der Waals surface area contributed by atoms with Crippen molar-refractivity contribution < 1.29 is 4.52 Å². The van der Waals surface area contributed by atoms with Crippen molar-refractivity contribution in [3.8, 4) is 0 Å². The predicted molar refractivity (Wildman–Crippen MR) is 32.9 cm³/mol. The quantitative estimate of drug-likeness (QED) is 0.574. The number of imidazole rings is 1. The van der Waals surface area contributed by atoms with Gasteiger partial charge in [0.25, 0.3) is 0 Å². The number of aromatic amines is 1. The second-order valence-electron chi connectivity index (χ2n) is 1.34. The molecule has 0 fully saturated rings. The molecule has 0 aromatic carbocycles. The third-order valence-electron chi connectivity index (χ3n) is 0.689. The second-order valence-corrected chi connectivity index (χ2v) is 1.34. The number of nitrogens with zero attached hydrogens (tertiary/aromatic N) is 3. The molecule has 0 saturated heterocycles. The smallest absolute Gasteiger partial charge is 0.213 e. The van der Waals surface area contributed by atoms with Crippen molar-refractivity contribution in [3.05, 3.63) is 31.4 Å². The molecule has 0 radical (unpaired) electrons. The first-order valence-corrected chi connectivity index (χ1v) is 2.62. The van der Waals surface area contributed by atoms with Crippen molar-refractivity contribution in [2.75, 3.05) is 0 Å². The molecular weight excluding hydrogens is 132 g/mol. The third-order valence-corrected chi connectivity index (χ3v) is 0.689. The Morgan fingerprint density at radius 2 is 2.30 bits per heavy atom. The van der Waals surface area contributed by atoms with Crippen LogP contribution >= 0.6 is 0 Å². The zero-order valence-corrected chi connectivity index (χ0v) is 5.14. The van der Waals surface area contributed by atoms with Crippen molar-refractivity contribution in [1.29, 1.82) is 0 Å². The maximum Gasteiger partial charge on any atom is 0.213 e. The maximum atomic E-state index is 4.22. The van der Waals surface area contributed by atoms with E-state index in [1.807, 2.05) is 0 Å². The lowest BCUT2D eigenvalue weighted by atomic mass is 11.0. The van der Waals surface area contributed by atoms with Crippen molar-refractivity contribution in [3.63, 3.8) is 0 Å². The molecule has 0 bridgehead atoms. The molecule has 2 heterocycles. The predicted octanol–water partition coefficient (Wildman–Crippen LogP) is 0.479. The summed E-state index contributed by atoms with van der Waals surface area (Å²) in [6.45, 7) is 0. The van der Waals surface area contributed by atoms with Crippen LogP contribution in [0.5, 0.6) is 0 Å². The van der Waals surface area contributed by atoms with Gasteiger partial charge in [0.1, 0.15) is 0 Å². The van der Waals surface area contributed by atoms with E-state index in [0.717, 1.165) is 0 Å². The number of aromatic nitrogens is 4. The van der Waals surface area contributed by atoms with Gasteiger partial charge in [-0.05, 0) is 0 Å². The van der Waals surface area contributed by atoms with Crippen LogP contribution in [0, 0.1) is 0 Å². The molecule has 2 aromatic heterocycles. The van der Waals surface area contributed by atoms with E-state index in [-0.39, 0.29) is 0 Å². The summed E-state index contributed by atoms with van der Waals surface area (Å²) in [4.78, 5) is 9.86. The molecule has 10 heavy (non-hydrogen) atoms. The van der Waals surface area contributed by atoms with E-state index in [1.54, 1.807) is 18.7 Å². The van der Waals surface area contributed by atoms with Gasteiger partial charge < -0.3 is 9.51 Å². The number of hydrogen-bond donors (Lipinski definition) is 1. The fraction of sp³-hybridized carbons (Fsp3) is 0. The van der Waals surface area contributed by atoms with Crippen LogP contribution in [0.25, 0.3) is 0 Å². The summed E-state index contributed by atoms with van der Waals surface area (Å²) in [7, 11) is 0.